The minimum Gasteiger partial charge on any atom is -0.384 e. The van der Waals surface area contributed by atoms with Crippen molar-refractivity contribution in [2.24, 2.45) is 0 Å². The van der Waals surface area contributed by atoms with Crippen LogP contribution in [0.4, 0.5) is 5.82 Å². The third-order valence-corrected chi connectivity index (χ3v) is 3.26. The lowest BCUT2D eigenvalue weighted by Gasteiger charge is -2.10. The summed E-state index contributed by atoms with van der Waals surface area (Å²) in [5.74, 6) is 0.515. The molecular formula is C17H21N3O. The molecule has 2 aromatic rings. The molecule has 0 aliphatic carbocycles. The van der Waals surface area contributed by atoms with Crippen LogP contribution in [0.5, 0.6) is 0 Å². The summed E-state index contributed by atoms with van der Waals surface area (Å²) < 4.78 is 0. The van der Waals surface area contributed by atoms with Gasteiger partial charge in [-0.1, -0.05) is 44.2 Å². The van der Waals surface area contributed by atoms with Crippen LogP contribution in [0.2, 0.25) is 0 Å². The molecule has 0 saturated heterocycles. The number of hydrogen-bond donors (Lipinski definition) is 2. The molecule has 0 aliphatic rings. The Balaban J connectivity index is 1.97. The van der Waals surface area contributed by atoms with E-state index in [9.17, 15) is 4.79 Å². The van der Waals surface area contributed by atoms with Crippen LogP contribution in [0.25, 0.3) is 0 Å². The molecule has 0 aliphatic heterocycles. The van der Waals surface area contributed by atoms with Gasteiger partial charge in [0.25, 0.3) is 5.91 Å². The largest absolute Gasteiger partial charge is 0.384 e. The molecule has 1 aromatic heterocycles. The van der Waals surface area contributed by atoms with Crippen LogP contribution in [0.3, 0.4) is 0 Å². The zero-order valence-corrected chi connectivity index (χ0v) is 12.5. The fraction of sp³-hybridized carbons (Fsp3) is 0.294. The lowest BCUT2D eigenvalue weighted by atomic mass is 10.1. The number of benzene rings is 1. The van der Waals surface area contributed by atoms with Crippen LogP contribution in [-0.4, -0.2) is 17.4 Å². The van der Waals surface area contributed by atoms with E-state index in [-0.39, 0.29) is 11.8 Å². The Hall–Kier alpha value is -2.36. The first-order chi connectivity index (χ1) is 10.1. The minimum absolute atomic E-state index is 0.109. The van der Waals surface area contributed by atoms with E-state index in [0.29, 0.717) is 17.9 Å². The van der Waals surface area contributed by atoms with Gasteiger partial charge in [-0.15, -0.1) is 0 Å². The number of nitrogens with one attached hydrogen (secondary N) is 1. The highest BCUT2D eigenvalue weighted by Crippen LogP contribution is 2.16. The molecule has 21 heavy (non-hydrogen) atoms. The smallest absolute Gasteiger partial charge is 0.251 e. The topological polar surface area (TPSA) is 68.0 Å². The van der Waals surface area contributed by atoms with Crippen molar-refractivity contribution in [3.63, 3.8) is 0 Å². The van der Waals surface area contributed by atoms with Crippen molar-refractivity contribution in [3.8, 4) is 0 Å². The summed E-state index contributed by atoms with van der Waals surface area (Å²) in [5.41, 5.74) is 8.37. The average Bonchev–Trinajstić information content (AvgIpc) is 2.47. The van der Waals surface area contributed by atoms with E-state index in [1.165, 1.54) is 5.56 Å². The highest BCUT2D eigenvalue weighted by molar-refractivity contribution is 5.94. The second-order valence-electron chi connectivity index (χ2n) is 5.35. The molecule has 4 heteroatoms. The van der Waals surface area contributed by atoms with Gasteiger partial charge in [-0.25, -0.2) is 4.98 Å². The molecule has 1 heterocycles. The molecule has 0 spiro atoms. The van der Waals surface area contributed by atoms with E-state index in [0.717, 1.165) is 12.1 Å². The van der Waals surface area contributed by atoms with Crippen molar-refractivity contribution < 1.29 is 4.79 Å². The van der Waals surface area contributed by atoms with E-state index < -0.39 is 0 Å². The number of carbonyl (C=O) groups excluding carboxylic acids is 1. The molecule has 1 aromatic carbocycles. The normalized spacial score (nSPS) is 10.6. The fourth-order valence-corrected chi connectivity index (χ4v) is 2.07. The van der Waals surface area contributed by atoms with Crippen LogP contribution < -0.4 is 11.1 Å². The second-order valence-corrected chi connectivity index (χ2v) is 5.35. The van der Waals surface area contributed by atoms with E-state index in [1.54, 1.807) is 12.1 Å². The zero-order valence-electron chi connectivity index (χ0n) is 12.5. The van der Waals surface area contributed by atoms with Gasteiger partial charge in [0.1, 0.15) is 5.82 Å². The molecule has 0 atom stereocenters. The van der Waals surface area contributed by atoms with Gasteiger partial charge in [-0.3, -0.25) is 4.79 Å². The zero-order chi connectivity index (χ0) is 15.2. The van der Waals surface area contributed by atoms with Gasteiger partial charge in [0.2, 0.25) is 0 Å². The van der Waals surface area contributed by atoms with Crippen molar-refractivity contribution in [2.75, 3.05) is 12.3 Å². The van der Waals surface area contributed by atoms with Crippen LogP contribution in [0.1, 0.15) is 41.4 Å². The summed E-state index contributed by atoms with van der Waals surface area (Å²) in [6.07, 6.45) is 0.810. The summed E-state index contributed by atoms with van der Waals surface area (Å²) in [5, 5.41) is 2.92. The Labute approximate surface area is 125 Å². The third kappa shape index (κ3) is 4.31. The number of aromatic nitrogens is 1. The van der Waals surface area contributed by atoms with Crippen LogP contribution in [0, 0.1) is 0 Å². The van der Waals surface area contributed by atoms with Crippen molar-refractivity contribution in [1.29, 1.82) is 0 Å². The highest BCUT2D eigenvalue weighted by Gasteiger charge is 2.10. The number of amides is 1. The van der Waals surface area contributed by atoms with E-state index in [4.69, 9.17) is 5.73 Å². The van der Waals surface area contributed by atoms with Gasteiger partial charge in [0, 0.05) is 17.8 Å². The number of nitrogens with two attached hydrogens (primary N) is 1. The number of nitrogen functional groups attached to an aromatic ring is 1. The Kier molecular flexibility index (Phi) is 4.93. The van der Waals surface area contributed by atoms with Gasteiger partial charge < -0.3 is 11.1 Å². The average molecular weight is 283 g/mol. The summed E-state index contributed by atoms with van der Waals surface area (Å²) in [4.78, 5) is 16.4. The fourth-order valence-electron chi connectivity index (χ4n) is 2.07. The van der Waals surface area contributed by atoms with Gasteiger partial charge in [0.05, 0.1) is 0 Å². The molecule has 4 nitrogen and oxygen atoms in total. The first kappa shape index (κ1) is 15.0. The molecular weight excluding hydrogens is 262 g/mol. The molecule has 2 rings (SSSR count). The first-order valence-electron chi connectivity index (χ1n) is 7.16. The van der Waals surface area contributed by atoms with E-state index >= 15 is 0 Å². The van der Waals surface area contributed by atoms with Crippen LogP contribution >= 0.6 is 0 Å². The summed E-state index contributed by atoms with van der Waals surface area (Å²) in [7, 11) is 0. The molecule has 110 valence electrons. The Morgan fingerprint density at radius 2 is 1.95 bits per heavy atom. The van der Waals surface area contributed by atoms with Gasteiger partial charge in [-0.2, -0.15) is 0 Å². The lowest BCUT2D eigenvalue weighted by molar-refractivity contribution is 0.0954. The van der Waals surface area contributed by atoms with E-state index in [1.807, 2.05) is 44.2 Å². The molecule has 1 amide bonds. The molecule has 0 saturated carbocycles. The molecule has 0 radical (unpaired) electrons. The highest BCUT2D eigenvalue weighted by atomic mass is 16.1. The standard InChI is InChI=1S/C17H21N3O/c1-12(2)15-10-14(11-16(18)20-15)17(21)19-9-8-13-6-4-3-5-7-13/h3-7,10-12H,8-9H2,1-2H3,(H2,18,20)(H,19,21). The number of hydrogen-bond acceptors (Lipinski definition) is 3. The van der Waals surface area contributed by atoms with Crippen molar-refractivity contribution in [2.45, 2.75) is 26.2 Å². The van der Waals surface area contributed by atoms with Crippen molar-refractivity contribution in [3.05, 3.63) is 59.3 Å². The molecule has 0 unspecified atom stereocenters. The Bertz CT molecular complexity index is 609. The number of pyridine rings is 1. The quantitative estimate of drug-likeness (QED) is 0.886. The maximum atomic E-state index is 12.2. The first-order valence-corrected chi connectivity index (χ1v) is 7.16. The van der Waals surface area contributed by atoms with Crippen LogP contribution in [0.15, 0.2) is 42.5 Å². The summed E-state index contributed by atoms with van der Waals surface area (Å²) in [6, 6.07) is 13.5. The predicted octanol–water partition coefficient (Wildman–Crippen LogP) is 2.76. The second kappa shape index (κ2) is 6.88. The minimum atomic E-state index is -0.109. The van der Waals surface area contributed by atoms with Crippen LogP contribution in [-0.2, 0) is 6.42 Å². The lowest BCUT2D eigenvalue weighted by Crippen LogP contribution is -2.26. The van der Waals surface area contributed by atoms with Crippen molar-refractivity contribution >= 4 is 11.7 Å². The summed E-state index contributed by atoms with van der Waals surface area (Å²) >= 11 is 0. The predicted molar refractivity (Wildman–Crippen MR) is 85.2 cm³/mol. The van der Waals surface area contributed by atoms with Gasteiger partial charge in [-0.05, 0) is 30.0 Å². The maximum absolute atomic E-state index is 12.2. The molecule has 3 N–H and O–H groups in total. The SMILES string of the molecule is CC(C)c1cc(C(=O)NCCc2ccccc2)cc(N)n1. The van der Waals surface area contributed by atoms with Crippen molar-refractivity contribution in [1.82, 2.24) is 10.3 Å². The van der Waals surface area contributed by atoms with Gasteiger partial charge in [0.15, 0.2) is 0 Å². The Morgan fingerprint density at radius 3 is 2.62 bits per heavy atom. The number of anilines is 1. The van der Waals surface area contributed by atoms with E-state index in [2.05, 4.69) is 10.3 Å². The monoisotopic (exact) mass is 283 g/mol. The van der Waals surface area contributed by atoms with Gasteiger partial charge >= 0.3 is 0 Å². The molecule has 0 fully saturated rings. The summed E-state index contributed by atoms with van der Waals surface area (Å²) in [6.45, 7) is 4.65. The third-order valence-electron chi connectivity index (χ3n) is 3.26. The number of rotatable bonds is 5. The maximum Gasteiger partial charge on any atom is 0.251 e. The Morgan fingerprint density at radius 1 is 1.24 bits per heavy atom. The molecule has 0 bridgehead atoms. The number of nitrogens with zero attached hydrogens (tertiary/aromatic N) is 1. The number of carbonyl (C=O) groups is 1.